The van der Waals surface area contributed by atoms with Gasteiger partial charge in [-0.05, 0) is 41.5 Å². The van der Waals surface area contributed by atoms with Gasteiger partial charge in [0.25, 0.3) is 0 Å². The third kappa shape index (κ3) is 2.24. The smallest absolute Gasteiger partial charge is 0.156 e. The Balaban J connectivity index is 2.52. The molecular weight excluding hydrogens is 238 g/mol. The highest BCUT2D eigenvalue weighted by Crippen LogP contribution is 2.25. The van der Waals surface area contributed by atoms with Gasteiger partial charge in [-0.2, -0.15) is 4.68 Å². The minimum Gasteiger partial charge on any atom is -0.398 e. The van der Waals surface area contributed by atoms with Crippen molar-refractivity contribution in [2.24, 2.45) is 0 Å². The van der Waals surface area contributed by atoms with Crippen LogP contribution in [-0.2, 0) is 6.42 Å². The van der Waals surface area contributed by atoms with Crippen LogP contribution in [0.15, 0.2) is 12.1 Å². The van der Waals surface area contributed by atoms with Crippen molar-refractivity contribution in [3.8, 4) is 5.69 Å². The molecule has 1 heterocycles. The van der Waals surface area contributed by atoms with E-state index in [2.05, 4.69) is 22.4 Å². The maximum absolute atomic E-state index is 6.03. The predicted molar refractivity (Wildman–Crippen MR) is 67.3 cm³/mol. The van der Waals surface area contributed by atoms with Gasteiger partial charge >= 0.3 is 0 Å². The van der Waals surface area contributed by atoms with Crippen LogP contribution >= 0.6 is 11.6 Å². The van der Waals surface area contributed by atoms with E-state index in [4.69, 9.17) is 17.3 Å². The molecule has 2 rings (SSSR count). The predicted octanol–water partition coefficient (Wildman–Crippen LogP) is 2.16. The normalized spacial score (nSPS) is 10.8. The second-order valence-corrected chi connectivity index (χ2v) is 4.32. The summed E-state index contributed by atoms with van der Waals surface area (Å²) in [4.78, 5) is 0. The molecule has 0 saturated carbocycles. The van der Waals surface area contributed by atoms with Crippen LogP contribution in [0.3, 0.4) is 0 Å². The van der Waals surface area contributed by atoms with Crippen LogP contribution in [0.5, 0.6) is 0 Å². The molecule has 0 spiro atoms. The lowest BCUT2D eigenvalue weighted by molar-refractivity contribution is 0.742. The van der Waals surface area contributed by atoms with Crippen LogP contribution < -0.4 is 5.73 Å². The summed E-state index contributed by atoms with van der Waals surface area (Å²) in [6.07, 6.45) is 1.82. The number of benzene rings is 1. The van der Waals surface area contributed by atoms with E-state index in [1.54, 1.807) is 10.7 Å². The van der Waals surface area contributed by atoms with E-state index < -0.39 is 0 Å². The van der Waals surface area contributed by atoms with E-state index in [-0.39, 0.29) is 0 Å². The zero-order chi connectivity index (χ0) is 12.4. The van der Waals surface area contributed by atoms with Crippen molar-refractivity contribution in [1.29, 1.82) is 0 Å². The maximum atomic E-state index is 6.03. The van der Waals surface area contributed by atoms with Crippen molar-refractivity contribution >= 4 is 17.3 Å². The fourth-order valence-electron chi connectivity index (χ4n) is 1.69. The van der Waals surface area contributed by atoms with E-state index in [1.807, 2.05) is 13.0 Å². The number of nitrogens with zero attached hydrogens (tertiary/aromatic N) is 4. The van der Waals surface area contributed by atoms with Gasteiger partial charge in [-0.1, -0.05) is 18.5 Å². The zero-order valence-electron chi connectivity index (χ0n) is 9.81. The molecule has 2 aromatic rings. The summed E-state index contributed by atoms with van der Waals surface area (Å²) in [7, 11) is 0. The second kappa shape index (κ2) is 4.71. The van der Waals surface area contributed by atoms with Crippen molar-refractivity contribution in [2.45, 2.75) is 26.7 Å². The molecule has 1 aromatic carbocycles. The number of aryl methyl sites for hydroxylation is 2. The number of nitrogens with two attached hydrogens (primary N) is 1. The van der Waals surface area contributed by atoms with Crippen LogP contribution in [0.4, 0.5) is 5.69 Å². The van der Waals surface area contributed by atoms with E-state index >= 15 is 0 Å². The highest BCUT2D eigenvalue weighted by Gasteiger charge is 2.11. The van der Waals surface area contributed by atoms with E-state index in [0.29, 0.717) is 10.7 Å². The number of hydrogen-bond acceptors (Lipinski definition) is 4. The highest BCUT2D eigenvalue weighted by molar-refractivity contribution is 6.33. The Bertz CT molecular complexity index is 535. The van der Waals surface area contributed by atoms with Crippen LogP contribution in [0.1, 0.15) is 24.7 Å². The lowest BCUT2D eigenvalue weighted by Crippen LogP contribution is -2.05. The average Bonchev–Trinajstić information content (AvgIpc) is 2.72. The molecule has 0 fully saturated rings. The molecule has 6 heteroatoms. The molecule has 0 atom stereocenters. The van der Waals surface area contributed by atoms with Crippen LogP contribution in [0, 0.1) is 6.92 Å². The summed E-state index contributed by atoms with van der Waals surface area (Å²) < 4.78 is 1.71. The topological polar surface area (TPSA) is 69.6 Å². The Morgan fingerprint density at radius 1 is 1.41 bits per heavy atom. The number of rotatable bonds is 3. The fourth-order valence-corrected chi connectivity index (χ4v) is 1.85. The Kier molecular flexibility index (Phi) is 3.28. The molecule has 0 unspecified atom stereocenters. The average molecular weight is 252 g/mol. The Hall–Kier alpha value is -1.62. The molecule has 90 valence electrons. The molecule has 0 aliphatic carbocycles. The standard InChI is InChI=1S/C11H14ClN5/c1-3-4-11-14-15-16-17(11)10-6-8(12)9(13)5-7(10)2/h5-6H,3-4,13H2,1-2H3. The van der Waals surface area contributed by atoms with Crippen molar-refractivity contribution in [3.05, 3.63) is 28.5 Å². The molecule has 0 aliphatic rings. The molecule has 0 amide bonds. The first-order chi connectivity index (χ1) is 8.13. The molecule has 5 nitrogen and oxygen atoms in total. The Morgan fingerprint density at radius 3 is 2.88 bits per heavy atom. The largest absolute Gasteiger partial charge is 0.398 e. The van der Waals surface area contributed by atoms with E-state index in [9.17, 15) is 0 Å². The number of tetrazole rings is 1. The van der Waals surface area contributed by atoms with Gasteiger partial charge < -0.3 is 5.73 Å². The number of anilines is 1. The molecule has 2 N–H and O–H groups in total. The minimum atomic E-state index is 0.517. The first-order valence-electron chi connectivity index (χ1n) is 5.46. The zero-order valence-corrected chi connectivity index (χ0v) is 10.6. The highest BCUT2D eigenvalue weighted by atomic mass is 35.5. The minimum absolute atomic E-state index is 0.517. The van der Waals surface area contributed by atoms with Crippen molar-refractivity contribution in [1.82, 2.24) is 20.2 Å². The molecule has 0 aliphatic heterocycles. The van der Waals surface area contributed by atoms with Crippen molar-refractivity contribution in [2.75, 3.05) is 5.73 Å². The number of nitrogen functional groups attached to an aromatic ring is 1. The summed E-state index contributed by atoms with van der Waals surface area (Å²) in [5.41, 5.74) is 8.18. The van der Waals surface area contributed by atoms with Gasteiger partial charge in [0.1, 0.15) is 0 Å². The lowest BCUT2D eigenvalue weighted by Gasteiger charge is -2.09. The van der Waals surface area contributed by atoms with E-state index in [0.717, 1.165) is 29.9 Å². The number of hydrogen-bond donors (Lipinski definition) is 1. The van der Waals surface area contributed by atoms with Crippen LogP contribution in [0.2, 0.25) is 5.02 Å². The van der Waals surface area contributed by atoms with Crippen molar-refractivity contribution in [3.63, 3.8) is 0 Å². The summed E-state index contributed by atoms with van der Waals surface area (Å²) in [5, 5.41) is 12.2. The third-order valence-electron chi connectivity index (χ3n) is 2.55. The maximum Gasteiger partial charge on any atom is 0.156 e. The van der Waals surface area contributed by atoms with Gasteiger partial charge in [-0.25, -0.2) is 0 Å². The Labute approximate surface area is 105 Å². The third-order valence-corrected chi connectivity index (χ3v) is 2.88. The molecule has 0 saturated heterocycles. The molecular formula is C11H14ClN5. The Morgan fingerprint density at radius 2 is 2.18 bits per heavy atom. The quantitative estimate of drug-likeness (QED) is 0.849. The second-order valence-electron chi connectivity index (χ2n) is 3.92. The molecule has 1 aromatic heterocycles. The van der Waals surface area contributed by atoms with Gasteiger partial charge in [0.2, 0.25) is 0 Å². The number of halogens is 1. The molecule has 0 radical (unpaired) electrons. The van der Waals surface area contributed by atoms with Crippen LogP contribution in [-0.4, -0.2) is 20.2 Å². The van der Waals surface area contributed by atoms with Crippen LogP contribution in [0.25, 0.3) is 5.69 Å². The monoisotopic (exact) mass is 251 g/mol. The van der Waals surface area contributed by atoms with Gasteiger partial charge in [0.05, 0.1) is 16.4 Å². The first kappa shape index (κ1) is 11.9. The lowest BCUT2D eigenvalue weighted by atomic mass is 10.1. The first-order valence-corrected chi connectivity index (χ1v) is 5.84. The fraction of sp³-hybridized carbons (Fsp3) is 0.364. The summed E-state index contributed by atoms with van der Waals surface area (Å²) in [5.74, 6) is 0.830. The van der Waals surface area contributed by atoms with E-state index in [1.165, 1.54) is 0 Å². The van der Waals surface area contributed by atoms with Gasteiger partial charge in [-0.3, -0.25) is 0 Å². The van der Waals surface area contributed by atoms with Gasteiger partial charge in [-0.15, -0.1) is 5.10 Å². The van der Waals surface area contributed by atoms with Gasteiger partial charge in [0.15, 0.2) is 5.82 Å². The summed E-state index contributed by atoms with van der Waals surface area (Å²) >= 11 is 6.03. The summed E-state index contributed by atoms with van der Waals surface area (Å²) in [6.45, 7) is 4.04. The SMILES string of the molecule is CCCc1nnnn1-c1cc(Cl)c(N)cc1C. The number of aromatic nitrogens is 4. The molecule has 0 bridgehead atoms. The van der Waals surface area contributed by atoms with Gasteiger partial charge in [0, 0.05) is 6.42 Å². The molecule has 17 heavy (non-hydrogen) atoms. The summed E-state index contributed by atoms with van der Waals surface area (Å²) in [6, 6.07) is 3.62. The van der Waals surface area contributed by atoms with Crippen molar-refractivity contribution < 1.29 is 0 Å².